The zero-order chi connectivity index (χ0) is 10.6. The molecule has 0 aliphatic heterocycles. The molecule has 0 bridgehead atoms. The molecule has 0 radical (unpaired) electrons. The van der Waals surface area contributed by atoms with Crippen LogP contribution in [0.2, 0.25) is 0 Å². The molecule has 1 aromatic rings. The van der Waals surface area contributed by atoms with E-state index in [0.717, 1.165) is 0 Å². The number of methoxy groups -OCH3 is 1. The molecule has 1 aromatic carbocycles. The molecule has 2 nitrogen and oxygen atoms in total. The minimum absolute atomic E-state index is 0.234. The first-order valence-corrected chi connectivity index (χ1v) is 4.88. The predicted octanol–water partition coefficient (Wildman–Crippen LogP) is 2.57. The maximum atomic E-state index is 13.3. The first-order valence-electron chi connectivity index (χ1n) is 4.08. The molecule has 0 saturated heterocycles. The highest BCUT2D eigenvalue weighted by Gasteiger charge is 2.07. The van der Waals surface area contributed by atoms with Crippen molar-refractivity contribution in [1.29, 1.82) is 0 Å². The summed E-state index contributed by atoms with van der Waals surface area (Å²) in [4.78, 5) is 0. The third-order valence-electron chi connectivity index (χ3n) is 1.67. The van der Waals surface area contributed by atoms with Gasteiger partial charge in [-0.2, -0.15) is 0 Å². The molecule has 0 atom stereocenters. The van der Waals surface area contributed by atoms with Gasteiger partial charge in [0.2, 0.25) is 0 Å². The van der Waals surface area contributed by atoms with Gasteiger partial charge >= 0.3 is 0 Å². The molecule has 0 heterocycles. The average Bonchev–Trinajstić information content (AvgIpc) is 2.14. The SMILES string of the molecule is COc1c(F)cc(Br)cc1/C=C/CN. The molecular formula is C10H11BrFNO. The molecule has 0 aromatic heterocycles. The maximum Gasteiger partial charge on any atom is 0.166 e. The number of benzene rings is 1. The van der Waals surface area contributed by atoms with Crippen molar-refractivity contribution < 1.29 is 9.13 Å². The van der Waals surface area contributed by atoms with Crippen LogP contribution in [0.3, 0.4) is 0 Å². The molecule has 0 aliphatic carbocycles. The number of ether oxygens (including phenoxy) is 1. The lowest BCUT2D eigenvalue weighted by molar-refractivity contribution is 0.385. The Morgan fingerprint density at radius 3 is 2.86 bits per heavy atom. The minimum Gasteiger partial charge on any atom is -0.493 e. The zero-order valence-electron chi connectivity index (χ0n) is 7.76. The van der Waals surface area contributed by atoms with Gasteiger partial charge in [0.25, 0.3) is 0 Å². The first-order chi connectivity index (χ1) is 6.69. The van der Waals surface area contributed by atoms with Crippen molar-refractivity contribution in [2.45, 2.75) is 0 Å². The van der Waals surface area contributed by atoms with E-state index < -0.39 is 5.82 Å². The summed E-state index contributed by atoms with van der Waals surface area (Å²) >= 11 is 3.21. The van der Waals surface area contributed by atoms with Crippen molar-refractivity contribution in [2.75, 3.05) is 13.7 Å². The summed E-state index contributed by atoms with van der Waals surface area (Å²) in [6, 6.07) is 3.13. The van der Waals surface area contributed by atoms with E-state index in [2.05, 4.69) is 15.9 Å². The standard InChI is InChI=1S/C10H11BrFNO/c1-14-10-7(3-2-4-13)5-8(11)6-9(10)12/h2-3,5-6H,4,13H2,1H3/b3-2+. The van der Waals surface area contributed by atoms with E-state index >= 15 is 0 Å². The highest BCUT2D eigenvalue weighted by Crippen LogP contribution is 2.27. The highest BCUT2D eigenvalue weighted by atomic mass is 79.9. The molecule has 1 rings (SSSR count). The third kappa shape index (κ3) is 2.56. The summed E-state index contributed by atoms with van der Waals surface area (Å²) < 4.78 is 18.9. The van der Waals surface area contributed by atoms with Crippen LogP contribution >= 0.6 is 15.9 Å². The van der Waals surface area contributed by atoms with Crippen molar-refractivity contribution >= 4 is 22.0 Å². The van der Waals surface area contributed by atoms with Crippen LogP contribution in [0, 0.1) is 5.82 Å². The topological polar surface area (TPSA) is 35.2 Å². The van der Waals surface area contributed by atoms with Crippen molar-refractivity contribution in [3.63, 3.8) is 0 Å². The molecule has 0 aliphatic rings. The second kappa shape index (κ2) is 5.12. The molecule has 2 N–H and O–H groups in total. The van der Waals surface area contributed by atoms with Gasteiger partial charge < -0.3 is 10.5 Å². The molecule has 14 heavy (non-hydrogen) atoms. The van der Waals surface area contributed by atoms with Crippen LogP contribution in [0.4, 0.5) is 4.39 Å². The fourth-order valence-corrected chi connectivity index (χ4v) is 1.56. The number of hydrogen-bond acceptors (Lipinski definition) is 2. The van der Waals surface area contributed by atoms with Gasteiger partial charge in [0.1, 0.15) is 0 Å². The van der Waals surface area contributed by atoms with Crippen molar-refractivity contribution in [3.8, 4) is 5.75 Å². The van der Waals surface area contributed by atoms with Gasteiger partial charge in [-0.1, -0.05) is 28.1 Å². The molecule has 0 spiro atoms. The fourth-order valence-electron chi connectivity index (χ4n) is 1.11. The van der Waals surface area contributed by atoms with Gasteiger partial charge in [-0.3, -0.25) is 0 Å². The number of hydrogen-bond donors (Lipinski definition) is 1. The molecule has 0 saturated carbocycles. The van der Waals surface area contributed by atoms with E-state index in [9.17, 15) is 4.39 Å². The Hall–Kier alpha value is -0.870. The van der Waals surface area contributed by atoms with Crippen molar-refractivity contribution in [3.05, 3.63) is 34.1 Å². The van der Waals surface area contributed by atoms with E-state index in [1.807, 2.05) is 0 Å². The summed E-state index contributed by atoms with van der Waals surface area (Å²) in [5.74, 6) is -0.156. The Labute approximate surface area is 90.7 Å². The van der Waals surface area contributed by atoms with Crippen LogP contribution in [0.1, 0.15) is 5.56 Å². The summed E-state index contributed by atoms with van der Waals surface area (Å²) in [6.45, 7) is 0.414. The lowest BCUT2D eigenvalue weighted by Gasteiger charge is -2.06. The van der Waals surface area contributed by atoms with E-state index in [1.165, 1.54) is 13.2 Å². The van der Waals surface area contributed by atoms with E-state index in [1.54, 1.807) is 18.2 Å². The summed E-state index contributed by atoms with van der Waals surface area (Å²) in [5.41, 5.74) is 5.98. The quantitative estimate of drug-likeness (QED) is 0.906. The summed E-state index contributed by atoms with van der Waals surface area (Å²) in [7, 11) is 1.44. The maximum absolute atomic E-state index is 13.3. The Morgan fingerprint density at radius 1 is 1.57 bits per heavy atom. The lowest BCUT2D eigenvalue weighted by atomic mass is 10.2. The summed E-state index contributed by atoms with van der Waals surface area (Å²) in [5, 5.41) is 0. The smallest absolute Gasteiger partial charge is 0.166 e. The Bertz CT molecular complexity index is 352. The van der Waals surface area contributed by atoms with Gasteiger partial charge in [0.05, 0.1) is 7.11 Å². The number of nitrogens with two attached hydrogens (primary N) is 1. The van der Waals surface area contributed by atoms with Crippen LogP contribution < -0.4 is 10.5 Å². The van der Waals surface area contributed by atoms with Crippen LogP contribution in [-0.2, 0) is 0 Å². The molecular weight excluding hydrogens is 249 g/mol. The minimum atomic E-state index is -0.390. The predicted molar refractivity (Wildman–Crippen MR) is 58.7 cm³/mol. The van der Waals surface area contributed by atoms with Gasteiger partial charge in [0, 0.05) is 16.6 Å². The monoisotopic (exact) mass is 259 g/mol. The third-order valence-corrected chi connectivity index (χ3v) is 2.13. The second-order valence-electron chi connectivity index (χ2n) is 2.65. The van der Waals surface area contributed by atoms with Crippen molar-refractivity contribution in [1.82, 2.24) is 0 Å². The summed E-state index contributed by atoms with van der Waals surface area (Å²) in [6.07, 6.45) is 3.47. The largest absolute Gasteiger partial charge is 0.493 e. The van der Waals surface area contributed by atoms with E-state index in [0.29, 0.717) is 16.6 Å². The highest BCUT2D eigenvalue weighted by molar-refractivity contribution is 9.10. The van der Waals surface area contributed by atoms with E-state index in [-0.39, 0.29) is 5.75 Å². The molecule has 0 unspecified atom stereocenters. The Kier molecular flexibility index (Phi) is 4.10. The van der Waals surface area contributed by atoms with Gasteiger partial charge in [-0.25, -0.2) is 4.39 Å². The van der Waals surface area contributed by atoms with Crippen LogP contribution in [0.5, 0.6) is 5.75 Å². The second-order valence-corrected chi connectivity index (χ2v) is 3.56. The Balaban J connectivity index is 3.18. The van der Waals surface area contributed by atoms with Gasteiger partial charge in [-0.05, 0) is 12.1 Å². The number of rotatable bonds is 3. The molecule has 4 heteroatoms. The Morgan fingerprint density at radius 2 is 2.29 bits per heavy atom. The number of halogens is 2. The van der Waals surface area contributed by atoms with Gasteiger partial charge in [-0.15, -0.1) is 0 Å². The fraction of sp³-hybridized carbons (Fsp3) is 0.200. The normalized spacial score (nSPS) is 10.9. The van der Waals surface area contributed by atoms with Crippen LogP contribution in [0.15, 0.2) is 22.7 Å². The van der Waals surface area contributed by atoms with Gasteiger partial charge in [0.15, 0.2) is 11.6 Å². The molecule has 0 amide bonds. The molecule has 76 valence electrons. The van der Waals surface area contributed by atoms with E-state index in [4.69, 9.17) is 10.5 Å². The average molecular weight is 260 g/mol. The zero-order valence-corrected chi connectivity index (χ0v) is 9.34. The lowest BCUT2D eigenvalue weighted by Crippen LogP contribution is -1.94. The van der Waals surface area contributed by atoms with Crippen molar-refractivity contribution in [2.24, 2.45) is 5.73 Å². The molecule has 0 fully saturated rings. The first kappa shape index (κ1) is 11.2. The van der Waals surface area contributed by atoms with Crippen LogP contribution in [-0.4, -0.2) is 13.7 Å². The van der Waals surface area contributed by atoms with Crippen LogP contribution in [0.25, 0.3) is 6.08 Å².